The third kappa shape index (κ3) is 6.27. The lowest BCUT2D eigenvalue weighted by Gasteiger charge is -2.19. The third-order valence-corrected chi connectivity index (χ3v) is 5.09. The van der Waals surface area contributed by atoms with Gasteiger partial charge in [-0.3, -0.25) is 4.79 Å². The number of carbonyl (C=O) groups is 2. The van der Waals surface area contributed by atoms with E-state index >= 15 is 0 Å². The van der Waals surface area contributed by atoms with Gasteiger partial charge in [0.25, 0.3) is 11.8 Å². The Morgan fingerprint density at radius 3 is 2.37 bits per heavy atom. The molecular formula is C26H27N7O5. The topological polar surface area (TPSA) is 154 Å². The van der Waals surface area contributed by atoms with Crippen LogP contribution in [0.1, 0.15) is 42.7 Å². The maximum Gasteiger partial charge on any atom is 0.408 e. The Hall–Kier alpha value is -4.87. The van der Waals surface area contributed by atoms with Crippen molar-refractivity contribution in [1.29, 1.82) is 0 Å². The Morgan fingerprint density at radius 2 is 1.71 bits per heavy atom. The molecule has 4 rings (SSSR count). The molecule has 2 amide bonds. The minimum absolute atomic E-state index is 0.0990. The Balaban J connectivity index is 1.48. The van der Waals surface area contributed by atoms with Crippen molar-refractivity contribution in [1.82, 2.24) is 30.4 Å². The number of methoxy groups -OCH3 is 1. The summed E-state index contributed by atoms with van der Waals surface area (Å²) in [7, 11) is 1.42. The largest absolute Gasteiger partial charge is 0.478 e. The summed E-state index contributed by atoms with van der Waals surface area (Å²) in [5.74, 6) is 0.514. The number of aromatic nitrogens is 5. The molecule has 0 aliphatic rings. The highest BCUT2D eigenvalue weighted by Crippen LogP contribution is 2.28. The summed E-state index contributed by atoms with van der Waals surface area (Å²) < 4.78 is 15.9. The number of alkyl carbamates (subject to hydrolysis) is 1. The molecule has 0 aliphatic carbocycles. The molecule has 196 valence electrons. The van der Waals surface area contributed by atoms with Gasteiger partial charge < -0.3 is 24.6 Å². The van der Waals surface area contributed by atoms with E-state index in [1.54, 1.807) is 40.1 Å². The van der Waals surface area contributed by atoms with Gasteiger partial charge in [-0.2, -0.15) is 0 Å². The van der Waals surface area contributed by atoms with Crippen molar-refractivity contribution in [3.8, 4) is 28.4 Å². The van der Waals surface area contributed by atoms with Crippen molar-refractivity contribution in [2.75, 3.05) is 12.4 Å². The maximum absolute atomic E-state index is 13.1. The number of aryl methyl sites for hydroxylation is 1. The normalized spacial score (nSPS) is 11.1. The van der Waals surface area contributed by atoms with E-state index in [1.165, 1.54) is 13.3 Å². The number of ether oxygens (including phenoxy) is 2. The van der Waals surface area contributed by atoms with Crippen LogP contribution in [-0.4, -0.2) is 49.8 Å². The number of carbonyl (C=O) groups excluding carboxylic acids is 2. The lowest BCUT2D eigenvalue weighted by molar-refractivity contribution is 0.0522. The zero-order valence-corrected chi connectivity index (χ0v) is 21.6. The second kappa shape index (κ2) is 11.0. The molecule has 2 N–H and O–H groups in total. The fourth-order valence-corrected chi connectivity index (χ4v) is 3.39. The molecule has 0 saturated carbocycles. The molecule has 38 heavy (non-hydrogen) atoms. The van der Waals surface area contributed by atoms with Crippen LogP contribution in [0.3, 0.4) is 0 Å². The fourth-order valence-electron chi connectivity index (χ4n) is 3.39. The SMILES string of the molecule is COc1nc(-c2cnc(CNC(=O)OC(C)(C)C)nc2)cnc1NC(=O)c1c(-c2ccccc2)noc1C. The number of nitrogens with zero attached hydrogens (tertiary/aromatic N) is 5. The lowest BCUT2D eigenvalue weighted by atomic mass is 10.1. The quantitative estimate of drug-likeness (QED) is 0.365. The van der Waals surface area contributed by atoms with Gasteiger partial charge >= 0.3 is 6.09 Å². The minimum Gasteiger partial charge on any atom is -0.478 e. The van der Waals surface area contributed by atoms with Crippen molar-refractivity contribution in [2.24, 2.45) is 0 Å². The van der Waals surface area contributed by atoms with Gasteiger partial charge in [-0.05, 0) is 27.7 Å². The number of nitrogens with one attached hydrogen (secondary N) is 2. The second-order valence-corrected chi connectivity index (χ2v) is 9.14. The summed E-state index contributed by atoms with van der Waals surface area (Å²) in [6, 6.07) is 9.25. The summed E-state index contributed by atoms with van der Waals surface area (Å²) >= 11 is 0. The van der Waals surface area contributed by atoms with Gasteiger partial charge in [-0.1, -0.05) is 35.5 Å². The van der Waals surface area contributed by atoms with E-state index in [4.69, 9.17) is 14.0 Å². The minimum atomic E-state index is -0.601. The number of rotatable bonds is 7. The van der Waals surface area contributed by atoms with E-state index < -0.39 is 17.6 Å². The van der Waals surface area contributed by atoms with E-state index in [0.717, 1.165) is 5.56 Å². The van der Waals surface area contributed by atoms with Crippen LogP contribution in [0.5, 0.6) is 5.88 Å². The summed E-state index contributed by atoms with van der Waals surface area (Å²) in [6.07, 6.45) is 4.00. The van der Waals surface area contributed by atoms with Gasteiger partial charge in [0.2, 0.25) is 0 Å². The van der Waals surface area contributed by atoms with Crippen LogP contribution in [0.25, 0.3) is 22.5 Å². The smallest absolute Gasteiger partial charge is 0.408 e. The summed E-state index contributed by atoms with van der Waals surface area (Å²) in [5.41, 5.74) is 1.84. The Morgan fingerprint density at radius 1 is 1.00 bits per heavy atom. The molecule has 12 nitrogen and oxygen atoms in total. The molecule has 0 saturated heterocycles. The van der Waals surface area contributed by atoms with Crippen LogP contribution in [-0.2, 0) is 11.3 Å². The molecular weight excluding hydrogens is 490 g/mol. The van der Waals surface area contributed by atoms with Crippen molar-refractivity contribution in [2.45, 2.75) is 39.8 Å². The first-order chi connectivity index (χ1) is 18.1. The van der Waals surface area contributed by atoms with Crippen LogP contribution < -0.4 is 15.4 Å². The van der Waals surface area contributed by atoms with Gasteiger partial charge in [-0.25, -0.2) is 24.7 Å². The number of anilines is 1. The van der Waals surface area contributed by atoms with Crippen LogP contribution in [0.4, 0.5) is 10.6 Å². The highest BCUT2D eigenvalue weighted by molar-refractivity contribution is 6.08. The van der Waals surface area contributed by atoms with Crippen molar-refractivity contribution in [3.63, 3.8) is 0 Å². The number of benzene rings is 1. The highest BCUT2D eigenvalue weighted by atomic mass is 16.6. The molecule has 0 unspecified atom stereocenters. The first-order valence-electron chi connectivity index (χ1n) is 11.7. The Labute approximate surface area is 218 Å². The Bertz CT molecular complexity index is 1430. The molecule has 0 fully saturated rings. The zero-order valence-electron chi connectivity index (χ0n) is 21.6. The molecule has 4 aromatic rings. The second-order valence-electron chi connectivity index (χ2n) is 9.14. The van der Waals surface area contributed by atoms with Crippen LogP contribution in [0.15, 0.2) is 53.4 Å². The molecule has 0 spiro atoms. The zero-order chi connectivity index (χ0) is 27.3. The molecule has 3 aromatic heterocycles. The Kier molecular flexibility index (Phi) is 7.61. The monoisotopic (exact) mass is 517 g/mol. The predicted molar refractivity (Wildman–Crippen MR) is 137 cm³/mol. The fraction of sp³-hybridized carbons (Fsp3) is 0.269. The number of hydrogen-bond acceptors (Lipinski definition) is 10. The van der Waals surface area contributed by atoms with E-state index in [1.807, 2.05) is 30.3 Å². The molecule has 0 radical (unpaired) electrons. The molecule has 12 heteroatoms. The number of amides is 2. The summed E-state index contributed by atoms with van der Waals surface area (Å²) in [6.45, 7) is 7.10. The summed E-state index contributed by atoms with van der Waals surface area (Å²) in [4.78, 5) is 42.2. The maximum atomic E-state index is 13.1. The first-order valence-corrected chi connectivity index (χ1v) is 11.7. The van der Waals surface area contributed by atoms with Crippen molar-refractivity contribution in [3.05, 3.63) is 66.1 Å². The average molecular weight is 518 g/mol. The van der Waals surface area contributed by atoms with E-state index in [2.05, 4.69) is 35.7 Å². The lowest BCUT2D eigenvalue weighted by Crippen LogP contribution is -2.32. The van der Waals surface area contributed by atoms with Gasteiger partial charge in [0.05, 0.1) is 25.5 Å². The highest BCUT2D eigenvalue weighted by Gasteiger charge is 2.23. The van der Waals surface area contributed by atoms with Gasteiger partial charge in [0.15, 0.2) is 5.82 Å². The molecule has 3 heterocycles. The standard InChI is InChI=1S/C26H27N7O5/c1-15-20(21(33-38-15)16-9-7-6-8-10-16)23(34)32-22-24(36-5)31-18(13-29-22)17-11-27-19(28-12-17)14-30-25(35)37-26(2,3)4/h6-13H,14H2,1-5H3,(H,30,35)(H,29,32,34). The van der Waals surface area contributed by atoms with E-state index in [-0.39, 0.29) is 23.8 Å². The van der Waals surface area contributed by atoms with Crippen LogP contribution >= 0.6 is 0 Å². The van der Waals surface area contributed by atoms with Crippen LogP contribution in [0.2, 0.25) is 0 Å². The van der Waals surface area contributed by atoms with Crippen LogP contribution in [0, 0.1) is 6.92 Å². The van der Waals surface area contributed by atoms with Gasteiger partial charge in [-0.15, -0.1) is 0 Å². The van der Waals surface area contributed by atoms with Crippen molar-refractivity contribution >= 4 is 17.8 Å². The average Bonchev–Trinajstić information content (AvgIpc) is 3.29. The van der Waals surface area contributed by atoms with Crippen molar-refractivity contribution < 1.29 is 23.6 Å². The van der Waals surface area contributed by atoms with Gasteiger partial charge in [0.1, 0.15) is 28.4 Å². The van der Waals surface area contributed by atoms with Gasteiger partial charge in [0, 0.05) is 23.5 Å². The summed E-state index contributed by atoms with van der Waals surface area (Å²) in [5, 5.41) is 9.37. The number of hydrogen-bond donors (Lipinski definition) is 2. The first kappa shape index (κ1) is 26.2. The van der Waals surface area contributed by atoms with E-state index in [0.29, 0.717) is 28.5 Å². The molecule has 0 atom stereocenters. The molecule has 0 bridgehead atoms. The third-order valence-electron chi connectivity index (χ3n) is 5.09. The van der Waals surface area contributed by atoms with E-state index in [9.17, 15) is 9.59 Å². The predicted octanol–water partition coefficient (Wildman–Crippen LogP) is 4.18. The molecule has 0 aliphatic heterocycles. The molecule has 1 aromatic carbocycles.